The number of aromatic nitrogens is 3. The van der Waals surface area contributed by atoms with Gasteiger partial charge in [0.15, 0.2) is 5.52 Å². The predicted octanol–water partition coefficient (Wildman–Crippen LogP) is 3.35. The van der Waals surface area contributed by atoms with Gasteiger partial charge < -0.3 is 5.32 Å². The van der Waals surface area contributed by atoms with Crippen LogP contribution in [-0.4, -0.2) is 20.0 Å². The summed E-state index contributed by atoms with van der Waals surface area (Å²) in [5.41, 5.74) is 0.960. The van der Waals surface area contributed by atoms with Gasteiger partial charge in [-0.3, -0.25) is 18.7 Å². The zero-order valence-corrected chi connectivity index (χ0v) is 17.8. The molecular formula is C23H18ClFN4O3. The van der Waals surface area contributed by atoms with Crippen molar-refractivity contribution in [2.45, 2.75) is 20.0 Å². The van der Waals surface area contributed by atoms with Crippen molar-refractivity contribution in [2.24, 2.45) is 0 Å². The van der Waals surface area contributed by atoms with Gasteiger partial charge in [0.2, 0.25) is 5.91 Å². The molecule has 0 spiro atoms. The fourth-order valence-corrected chi connectivity index (χ4v) is 3.50. The number of carbonyl (C=O) groups excluding carboxylic acids is 1. The maximum atomic E-state index is 13.2. The topological polar surface area (TPSA) is 86.0 Å². The van der Waals surface area contributed by atoms with Crippen LogP contribution in [0.1, 0.15) is 11.1 Å². The number of anilines is 1. The van der Waals surface area contributed by atoms with Gasteiger partial charge >= 0.3 is 5.69 Å². The Morgan fingerprint density at radius 3 is 2.56 bits per heavy atom. The Hall–Kier alpha value is -3.78. The highest BCUT2D eigenvalue weighted by molar-refractivity contribution is 6.31. The van der Waals surface area contributed by atoms with Crippen LogP contribution in [0.15, 0.2) is 70.4 Å². The Bertz CT molecular complexity index is 1440. The van der Waals surface area contributed by atoms with Crippen molar-refractivity contribution in [3.8, 4) is 0 Å². The number of rotatable bonds is 5. The first-order valence-corrected chi connectivity index (χ1v) is 10.1. The molecule has 9 heteroatoms. The average Bonchev–Trinajstić information content (AvgIpc) is 2.78. The first-order chi connectivity index (χ1) is 15.3. The summed E-state index contributed by atoms with van der Waals surface area (Å²) in [4.78, 5) is 42.9. The maximum Gasteiger partial charge on any atom is 0.332 e. The maximum absolute atomic E-state index is 13.2. The third-order valence-corrected chi connectivity index (χ3v) is 5.41. The second-order valence-corrected chi connectivity index (χ2v) is 7.68. The molecule has 2 aromatic heterocycles. The van der Waals surface area contributed by atoms with Crippen LogP contribution in [0.25, 0.3) is 11.0 Å². The Morgan fingerprint density at radius 2 is 1.84 bits per heavy atom. The fraction of sp³-hybridized carbons (Fsp3) is 0.130. The Labute approximate surface area is 186 Å². The lowest BCUT2D eigenvalue weighted by Gasteiger charge is -2.14. The summed E-state index contributed by atoms with van der Waals surface area (Å²) in [7, 11) is 0. The molecule has 0 aliphatic carbocycles. The summed E-state index contributed by atoms with van der Waals surface area (Å²) in [6, 6.07) is 13.7. The minimum Gasteiger partial charge on any atom is -0.324 e. The second kappa shape index (κ2) is 8.76. The molecule has 1 N–H and O–H groups in total. The number of hydrogen-bond donors (Lipinski definition) is 1. The fourth-order valence-electron chi connectivity index (χ4n) is 3.32. The van der Waals surface area contributed by atoms with E-state index in [0.717, 1.165) is 10.1 Å². The molecule has 0 radical (unpaired) electrons. The lowest BCUT2D eigenvalue weighted by molar-refractivity contribution is -0.116. The number of halogens is 2. The van der Waals surface area contributed by atoms with Crippen molar-refractivity contribution in [1.29, 1.82) is 0 Å². The summed E-state index contributed by atoms with van der Waals surface area (Å²) < 4.78 is 15.4. The highest BCUT2D eigenvalue weighted by Crippen LogP contribution is 2.20. The minimum absolute atomic E-state index is 0.0559. The molecule has 2 aromatic carbocycles. The van der Waals surface area contributed by atoms with Gasteiger partial charge in [-0.2, -0.15) is 0 Å². The van der Waals surface area contributed by atoms with E-state index in [1.165, 1.54) is 35.0 Å². The van der Waals surface area contributed by atoms with Gasteiger partial charge in [-0.15, -0.1) is 0 Å². The van der Waals surface area contributed by atoms with Crippen LogP contribution in [0.4, 0.5) is 10.1 Å². The number of fused-ring (bicyclic) bond motifs is 1. The molecule has 0 bridgehead atoms. The highest BCUT2D eigenvalue weighted by atomic mass is 35.5. The van der Waals surface area contributed by atoms with E-state index in [1.807, 2.05) is 6.92 Å². The predicted molar refractivity (Wildman–Crippen MR) is 121 cm³/mol. The first kappa shape index (κ1) is 21.5. The number of amides is 1. The van der Waals surface area contributed by atoms with Crippen LogP contribution in [-0.2, 0) is 17.9 Å². The van der Waals surface area contributed by atoms with E-state index in [-0.39, 0.29) is 24.1 Å². The van der Waals surface area contributed by atoms with Gasteiger partial charge in [0.05, 0.1) is 12.1 Å². The Morgan fingerprint density at radius 1 is 1.09 bits per heavy atom. The SMILES string of the molecule is Cc1ccc(NC(=O)Cn2c(=O)n(Cc3ccc(F)cc3)c(=O)c3ncccc32)cc1Cl. The molecule has 32 heavy (non-hydrogen) atoms. The Balaban J connectivity index is 1.73. The molecule has 4 aromatic rings. The molecule has 2 heterocycles. The molecule has 4 rings (SSSR count). The van der Waals surface area contributed by atoms with Crippen molar-refractivity contribution in [2.75, 3.05) is 5.32 Å². The summed E-state index contributed by atoms with van der Waals surface area (Å²) >= 11 is 6.11. The molecule has 0 aliphatic rings. The average molecular weight is 453 g/mol. The Kier molecular flexibility index (Phi) is 5.87. The summed E-state index contributed by atoms with van der Waals surface area (Å²) in [5.74, 6) is -0.893. The first-order valence-electron chi connectivity index (χ1n) is 9.72. The molecule has 0 fully saturated rings. The number of aryl methyl sites for hydroxylation is 1. The van der Waals surface area contributed by atoms with Crippen molar-refractivity contribution < 1.29 is 9.18 Å². The number of nitrogens with zero attached hydrogens (tertiary/aromatic N) is 3. The van der Waals surface area contributed by atoms with E-state index in [0.29, 0.717) is 16.3 Å². The van der Waals surface area contributed by atoms with Crippen LogP contribution >= 0.6 is 11.6 Å². The van der Waals surface area contributed by atoms with E-state index in [4.69, 9.17) is 11.6 Å². The quantitative estimate of drug-likeness (QED) is 0.503. The number of nitrogens with one attached hydrogen (secondary N) is 1. The lowest BCUT2D eigenvalue weighted by Crippen LogP contribution is -2.42. The van der Waals surface area contributed by atoms with Gasteiger partial charge in [-0.25, -0.2) is 14.2 Å². The lowest BCUT2D eigenvalue weighted by atomic mass is 10.2. The molecule has 0 aliphatic heterocycles. The third kappa shape index (κ3) is 4.31. The normalized spacial score (nSPS) is 11.0. The monoisotopic (exact) mass is 452 g/mol. The molecule has 0 saturated heterocycles. The molecular weight excluding hydrogens is 435 g/mol. The number of carbonyl (C=O) groups is 1. The number of hydrogen-bond acceptors (Lipinski definition) is 4. The van der Waals surface area contributed by atoms with E-state index in [9.17, 15) is 18.8 Å². The van der Waals surface area contributed by atoms with Gasteiger partial charge in [-0.05, 0) is 54.4 Å². The third-order valence-electron chi connectivity index (χ3n) is 5.00. The van der Waals surface area contributed by atoms with Crippen molar-refractivity contribution in [1.82, 2.24) is 14.1 Å². The van der Waals surface area contributed by atoms with Crippen LogP contribution in [0, 0.1) is 12.7 Å². The molecule has 0 atom stereocenters. The summed E-state index contributed by atoms with van der Waals surface area (Å²) in [6.45, 7) is 1.42. The van der Waals surface area contributed by atoms with E-state index < -0.39 is 23.0 Å². The van der Waals surface area contributed by atoms with E-state index >= 15 is 0 Å². The van der Waals surface area contributed by atoms with Crippen molar-refractivity contribution >= 4 is 34.2 Å². The van der Waals surface area contributed by atoms with Gasteiger partial charge in [0, 0.05) is 16.9 Å². The van der Waals surface area contributed by atoms with Crippen LogP contribution < -0.4 is 16.6 Å². The summed E-state index contributed by atoms with van der Waals surface area (Å²) in [5, 5.41) is 3.21. The zero-order valence-electron chi connectivity index (χ0n) is 17.0. The number of benzene rings is 2. The standard InChI is InChI=1S/C23H18ClFN4O3/c1-14-4-9-17(11-18(14)24)27-20(30)13-28-19-3-2-10-26-21(19)22(31)29(23(28)32)12-15-5-7-16(25)8-6-15/h2-11H,12-13H2,1H3,(H,27,30). The zero-order chi connectivity index (χ0) is 22.8. The molecule has 7 nitrogen and oxygen atoms in total. The van der Waals surface area contributed by atoms with Crippen molar-refractivity contribution in [3.63, 3.8) is 0 Å². The highest BCUT2D eigenvalue weighted by Gasteiger charge is 2.17. The van der Waals surface area contributed by atoms with Crippen molar-refractivity contribution in [3.05, 3.63) is 104 Å². The number of pyridine rings is 1. The molecule has 0 unspecified atom stereocenters. The van der Waals surface area contributed by atoms with E-state index in [2.05, 4.69) is 10.3 Å². The smallest absolute Gasteiger partial charge is 0.324 e. The summed E-state index contributed by atoms with van der Waals surface area (Å²) in [6.07, 6.45) is 1.44. The van der Waals surface area contributed by atoms with Crippen LogP contribution in [0.5, 0.6) is 0 Å². The van der Waals surface area contributed by atoms with Gasteiger partial charge in [-0.1, -0.05) is 29.8 Å². The van der Waals surface area contributed by atoms with Gasteiger partial charge in [0.1, 0.15) is 12.4 Å². The van der Waals surface area contributed by atoms with Crippen LogP contribution in [0.2, 0.25) is 5.02 Å². The van der Waals surface area contributed by atoms with E-state index in [1.54, 1.807) is 30.3 Å². The molecule has 1 amide bonds. The largest absolute Gasteiger partial charge is 0.332 e. The van der Waals surface area contributed by atoms with Crippen LogP contribution in [0.3, 0.4) is 0 Å². The van der Waals surface area contributed by atoms with Gasteiger partial charge in [0.25, 0.3) is 5.56 Å². The molecule has 0 saturated carbocycles. The second-order valence-electron chi connectivity index (χ2n) is 7.27. The minimum atomic E-state index is -0.670. The molecule has 162 valence electrons.